The number of ether oxygens (including phenoxy) is 1. The third-order valence-corrected chi connectivity index (χ3v) is 7.67. The van der Waals surface area contributed by atoms with E-state index < -0.39 is 0 Å². The van der Waals surface area contributed by atoms with Crippen LogP contribution in [0.5, 0.6) is 5.75 Å². The highest BCUT2D eigenvalue weighted by Gasteiger charge is 2.28. The third-order valence-electron chi connectivity index (χ3n) is 6.90. The van der Waals surface area contributed by atoms with Gasteiger partial charge in [-0.1, -0.05) is 0 Å². The number of carbonyl (C=O) groups excluding carboxylic acids is 1. The molecule has 2 fully saturated rings. The lowest BCUT2D eigenvalue weighted by molar-refractivity contribution is 0.0708. The number of methoxy groups -OCH3 is 1. The highest BCUT2D eigenvalue weighted by molar-refractivity contribution is 7.16. The Kier molecular flexibility index (Phi) is 4.92. The number of hydrogen-bond donors (Lipinski definition) is 1. The summed E-state index contributed by atoms with van der Waals surface area (Å²) >= 11 is 1.65. The average Bonchev–Trinajstić information content (AvgIpc) is 3.26. The Balaban J connectivity index is 1.46. The minimum atomic E-state index is -0.0145. The summed E-state index contributed by atoms with van der Waals surface area (Å²) in [7, 11) is 3.65. The van der Waals surface area contributed by atoms with Crippen molar-refractivity contribution < 1.29 is 9.53 Å². The van der Waals surface area contributed by atoms with Crippen molar-refractivity contribution in [2.24, 2.45) is 18.7 Å². The molecular formula is C24H28N6O2S. The highest BCUT2D eigenvalue weighted by Crippen LogP contribution is 2.38. The van der Waals surface area contributed by atoms with Gasteiger partial charge in [0.25, 0.3) is 5.91 Å². The quantitative estimate of drug-likeness (QED) is 0.487. The number of amides is 1. The number of imidazole rings is 1. The number of aromatic nitrogens is 4. The van der Waals surface area contributed by atoms with Gasteiger partial charge in [0.05, 0.1) is 28.5 Å². The Morgan fingerprint density at radius 3 is 2.88 bits per heavy atom. The third kappa shape index (κ3) is 3.50. The Labute approximate surface area is 196 Å². The fourth-order valence-corrected chi connectivity index (χ4v) is 5.71. The molecule has 1 saturated heterocycles. The number of nitrogens with two attached hydrogens (primary N) is 1. The fourth-order valence-electron chi connectivity index (χ4n) is 4.99. The number of piperidine rings is 1. The Bertz CT molecular complexity index is 1360. The number of aryl methyl sites for hydroxylation is 1. The zero-order chi connectivity index (χ0) is 22.7. The number of likely N-dealkylation sites (tertiary alicyclic amines) is 1. The van der Waals surface area contributed by atoms with Crippen LogP contribution < -0.4 is 10.5 Å². The van der Waals surface area contributed by atoms with Gasteiger partial charge >= 0.3 is 0 Å². The Morgan fingerprint density at radius 1 is 1.27 bits per heavy atom. The average molecular weight is 465 g/mol. The zero-order valence-electron chi connectivity index (χ0n) is 19.0. The summed E-state index contributed by atoms with van der Waals surface area (Å²) in [6.07, 6.45) is 4.43. The smallest absolute Gasteiger partial charge is 0.254 e. The van der Waals surface area contributed by atoms with Crippen LogP contribution in [0.1, 0.15) is 36.0 Å². The first-order chi connectivity index (χ1) is 16.0. The summed E-state index contributed by atoms with van der Waals surface area (Å²) in [6, 6.07) is 5.94. The molecule has 1 amide bonds. The van der Waals surface area contributed by atoms with Crippen LogP contribution in [-0.2, 0) is 13.6 Å². The van der Waals surface area contributed by atoms with Crippen molar-refractivity contribution in [3.8, 4) is 17.3 Å². The van der Waals surface area contributed by atoms with E-state index in [-0.39, 0.29) is 11.9 Å². The van der Waals surface area contributed by atoms with Gasteiger partial charge in [0.1, 0.15) is 11.3 Å². The summed E-state index contributed by atoms with van der Waals surface area (Å²) in [5.41, 5.74) is 12.3. The topological polar surface area (TPSA) is 91.2 Å². The first kappa shape index (κ1) is 20.7. The fraction of sp³-hybridized carbons (Fsp3) is 0.458. The highest BCUT2D eigenvalue weighted by atomic mass is 32.1. The molecule has 6 rings (SSSR count). The van der Waals surface area contributed by atoms with E-state index in [0.29, 0.717) is 23.8 Å². The van der Waals surface area contributed by atoms with Crippen molar-refractivity contribution in [3.63, 3.8) is 0 Å². The van der Waals surface area contributed by atoms with Crippen molar-refractivity contribution >= 4 is 38.6 Å². The molecule has 4 heterocycles. The lowest BCUT2D eigenvalue weighted by atomic mass is 10.0. The molecule has 33 heavy (non-hydrogen) atoms. The number of fused-ring (bicyclic) bond motifs is 2. The van der Waals surface area contributed by atoms with Gasteiger partial charge in [-0.15, -0.1) is 11.3 Å². The molecule has 1 aromatic carbocycles. The molecule has 2 aliphatic rings. The molecule has 1 unspecified atom stereocenters. The van der Waals surface area contributed by atoms with E-state index in [1.165, 1.54) is 17.5 Å². The van der Waals surface area contributed by atoms with E-state index in [0.717, 1.165) is 54.1 Å². The molecule has 3 aromatic heterocycles. The lowest BCUT2D eigenvalue weighted by Crippen LogP contribution is -2.45. The van der Waals surface area contributed by atoms with E-state index >= 15 is 0 Å². The van der Waals surface area contributed by atoms with E-state index in [4.69, 9.17) is 15.5 Å². The second-order valence-corrected chi connectivity index (χ2v) is 10.2. The minimum Gasteiger partial charge on any atom is -0.494 e. The second kappa shape index (κ2) is 7.85. The van der Waals surface area contributed by atoms with Gasteiger partial charge in [0, 0.05) is 38.3 Å². The SMILES string of the molecule is COc1cc(C(=O)N2CCCC(N)C2)cc2nc(-c3cc4scnc4n3CC3CC3)n(C)c12. The molecule has 1 aliphatic heterocycles. The number of benzene rings is 1. The zero-order valence-corrected chi connectivity index (χ0v) is 19.8. The molecule has 0 spiro atoms. The first-order valence-corrected chi connectivity index (χ1v) is 12.4. The standard InChI is InChI=1S/C24H28N6O2S/c1-28-21-17(8-15(9-19(21)32-2)24(31)29-7-3-4-16(25)12-29)27-22(28)18-10-20-23(26-13-33-20)30(18)11-14-5-6-14/h8-10,13-14,16H,3-7,11-12,25H2,1-2H3. The molecule has 172 valence electrons. The molecule has 0 bridgehead atoms. The summed E-state index contributed by atoms with van der Waals surface area (Å²) in [6.45, 7) is 2.28. The van der Waals surface area contributed by atoms with Crippen molar-refractivity contribution in [3.05, 3.63) is 29.3 Å². The van der Waals surface area contributed by atoms with Gasteiger partial charge in [0.2, 0.25) is 0 Å². The van der Waals surface area contributed by atoms with Gasteiger partial charge in [-0.3, -0.25) is 4.79 Å². The first-order valence-electron chi connectivity index (χ1n) is 11.6. The van der Waals surface area contributed by atoms with Crippen LogP contribution in [0.2, 0.25) is 0 Å². The Hall–Kier alpha value is -2.91. The van der Waals surface area contributed by atoms with Gasteiger partial charge in [-0.25, -0.2) is 9.97 Å². The molecule has 1 aliphatic carbocycles. The van der Waals surface area contributed by atoms with Crippen LogP contribution in [0.3, 0.4) is 0 Å². The van der Waals surface area contributed by atoms with Gasteiger partial charge < -0.3 is 24.5 Å². The molecule has 8 nitrogen and oxygen atoms in total. The van der Waals surface area contributed by atoms with Crippen LogP contribution in [0.15, 0.2) is 23.7 Å². The Morgan fingerprint density at radius 2 is 2.12 bits per heavy atom. The van der Waals surface area contributed by atoms with Crippen LogP contribution in [0, 0.1) is 5.92 Å². The molecule has 1 saturated carbocycles. The summed E-state index contributed by atoms with van der Waals surface area (Å²) in [5, 5.41) is 0. The monoisotopic (exact) mass is 464 g/mol. The second-order valence-electron chi connectivity index (χ2n) is 9.32. The molecule has 0 radical (unpaired) electrons. The van der Waals surface area contributed by atoms with Crippen LogP contribution in [0.4, 0.5) is 0 Å². The minimum absolute atomic E-state index is 0.0145. The van der Waals surface area contributed by atoms with Crippen molar-refractivity contribution in [1.29, 1.82) is 0 Å². The van der Waals surface area contributed by atoms with Crippen molar-refractivity contribution in [2.75, 3.05) is 20.2 Å². The predicted molar refractivity (Wildman–Crippen MR) is 130 cm³/mol. The van der Waals surface area contributed by atoms with E-state index in [9.17, 15) is 4.79 Å². The summed E-state index contributed by atoms with van der Waals surface area (Å²) in [5.74, 6) is 2.21. The van der Waals surface area contributed by atoms with E-state index in [2.05, 4.69) is 20.2 Å². The van der Waals surface area contributed by atoms with Gasteiger partial charge in [-0.2, -0.15) is 0 Å². The number of rotatable bonds is 5. The maximum atomic E-state index is 13.3. The van der Waals surface area contributed by atoms with Gasteiger partial charge in [0.15, 0.2) is 11.5 Å². The molecule has 4 aromatic rings. The molecular weight excluding hydrogens is 436 g/mol. The maximum Gasteiger partial charge on any atom is 0.254 e. The molecule has 2 N–H and O–H groups in total. The van der Waals surface area contributed by atoms with Crippen LogP contribution >= 0.6 is 11.3 Å². The normalized spacial score (nSPS) is 19.0. The summed E-state index contributed by atoms with van der Waals surface area (Å²) < 4.78 is 11.3. The predicted octanol–water partition coefficient (Wildman–Crippen LogP) is 3.63. The summed E-state index contributed by atoms with van der Waals surface area (Å²) in [4.78, 5) is 24.7. The number of carbonyl (C=O) groups is 1. The van der Waals surface area contributed by atoms with Crippen LogP contribution in [-0.4, -0.2) is 56.2 Å². The van der Waals surface area contributed by atoms with E-state index in [1.54, 1.807) is 18.4 Å². The lowest BCUT2D eigenvalue weighted by Gasteiger charge is -2.30. The van der Waals surface area contributed by atoms with Crippen LogP contribution in [0.25, 0.3) is 32.9 Å². The largest absolute Gasteiger partial charge is 0.494 e. The van der Waals surface area contributed by atoms with Crippen molar-refractivity contribution in [2.45, 2.75) is 38.3 Å². The number of hydrogen-bond acceptors (Lipinski definition) is 6. The maximum absolute atomic E-state index is 13.3. The van der Waals surface area contributed by atoms with Crippen molar-refractivity contribution in [1.82, 2.24) is 24.0 Å². The van der Waals surface area contributed by atoms with Gasteiger partial charge in [-0.05, 0) is 49.8 Å². The number of thiazole rings is 1. The molecule has 9 heteroatoms. The number of nitrogens with zero attached hydrogens (tertiary/aromatic N) is 5. The van der Waals surface area contributed by atoms with E-state index in [1.807, 2.05) is 29.6 Å². The molecule has 1 atom stereocenters.